The first-order chi connectivity index (χ1) is 11.6. The van der Waals surface area contributed by atoms with Gasteiger partial charge in [-0.1, -0.05) is 24.3 Å². The monoisotopic (exact) mass is 333 g/mol. The third kappa shape index (κ3) is 3.71. The van der Waals surface area contributed by atoms with Crippen molar-refractivity contribution in [2.45, 2.75) is 6.04 Å². The lowest BCUT2D eigenvalue weighted by Crippen LogP contribution is -2.45. The number of benzene rings is 2. The Morgan fingerprint density at radius 2 is 1.92 bits per heavy atom. The van der Waals surface area contributed by atoms with Crippen molar-refractivity contribution in [2.75, 3.05) is 26.4 Å². The van der Waals surface area contributed by atoms with E-state index in [1.165, 1.54) is 24.3 Å². The Balaban J connectivity index is 1.69. The molecule has 0 spiro atoms. The molecule has 1 saturated heterocycles. The summed E-state index contributed by atoms with van der Waals surface area (Å²) in [4.78, 5) is 14.1. The lowest BCUT2D eigenvalue weighted by Gasteiger charge is -2.35. The summed E-state index contributed by atoms with van der Waals surface area (Å²) in [6.07, 6.45) is 0. The minimum Gasteiger partial charge on any atom is -0.481 e. The molecule has 4 nitrogen and oxygen atoms in total. The Hall–Kier alpha value is -2.47. The first-order valence-electron chi connectivity index (χ1n) is 7.65. The van der Waals surface area contributed by atoms with Gasteiger partial charge in [0.25, 0.3) is 5.91 Å². The van der Waals surface area contributed by atoms with Gasteiger partial charge >= 0.3 is 0 Å². The van der Waals surface area contributed by atoms with Gasteiger partial charge in [-0.15, -0.1) is 0 Å². The zero-order chi connectivity index (χ0) is 16.9. The van der Waals surface area contributed by atoms with Crippen LogP contribution in [0, 0.1) is 11.6 Å². The fraction of sp³-hybridized carbons (Fsp3) is 0.278. The number of halogens is 2. The summed E-state index contributed by atoms with van der Waals surface area (Å²) in [7, 11) is 0. The molecule has 0 N–H and O–H groups in total. The molecule has 0 saturated carbocycles. The molecule has 1 aliphatic rings. The summed E-state index contributed by atoms with van der Waals surface area (Å²) in [6, 6.07) is 11.6. The standard InChI is InChI=1S/C18H17F2NO3/c19-14-7-5-13(6-8-14)16-11-23-10-9-21(16)18(22)12-24-17-4-2-1-3-15(17)20/h1-8,16H,9-12H2. The predicted octanol–water partition coefficient (Wildman–Crippen LogP) is 2.94. The Morgan fingerprint density at radius 1 is 1.17 bits per heavy atom. The van der Waals surface area contributed by atoms with Gasteiger partial charge in [-0.2, -0.15) is 0 Å². The van der Waals surface area contributed by atoms with E-state index in [0.29, 0.717) is 19.8 Å². The average molecular weight is 333 g/mol. The highest BCUT2D eigenvalue weighted by Gasteiger charge is 2.29. The van der Waals surface area contributed by atoms with Gasteiger partial charge in [0.05, 0.1) is 19.3 Å². The van der Waals surface area contributed by atoms with E-state index in [1.807, 2.05) is 0 Å². The van der Waals surface area contributed by atoms with Gasteiger partial charge in [0.15, 0.2) is 18.2 Å². The minimum atomic E-state index is -0.512. The number of carbonyl (C=O) groups excluding carboxylic acids is 1. The molecule has 1 amide bonds. The van der Waals surface area contributed by atoms with Crippen molar-refractivity contribution >= 4 is 5.91 Å². The van der Waals surface area contributed by atoms with Crippen LogP contribution in [-0.4, -0.2) is 37.2 Å². The summed E-state index contributed by atoms with van der Waals surface area (Å²) in [6.45, 7) is 0.889. The van der Waals surface area contributed by atoms with Crippen LogP contribution in [0.1, 0.15) is 11.6 Å². The van der Waals surface area contributed by atoms with Crippen LogP contribution in [0.5, 0.6) is 5.75 Å². The summed E-state index contributed by atoms with van der Waals surface area (Å²) < 4.78 is 37.4. The van der Waals surface area contributed by atoms with Gasteiger partial charge in [0.2, 0.25) is 0 Å². The number of amides is 1. The largest absolute Gasteiger partial charge is 0.481 e. The summed E-state index contributed by atoms with van der Waals surface area (Å²) in [5.41, 5.74) is 0.787. The van der Waals surface area contributed by atoms with E-state index >= 15 is 0 Å². The smallest absolute Gasteiger partial charge is 0.261 e. The Morgan fingerprint density at radius 3 is 2.67 bits per heavy atom. The van der Waals surface area contributed by atoms with Gasteiger partial charge in [-0.05, 0) is 29.8 Å². The van der Waals surface area contributed by atoms with Crippen molar-refractivity contribution in [3.63, 3.8) is 0 Å². The van der Waals surface area contributed by atoms with Crippen LogP contribution < -0.4 is 4.74 Å². The molecule has 1 aliphatic heterocycles. The van der Waals surface area contributed by atoms with E-state index in [-0.39, 0.29) is 30.1 Å². The number of morpholine rings is 1. The van der Waals surface area contributed by atoms with Crippen LogP contribution in [0.25, 0.3) is 0 Å². The van der Waals surface area contributed by atoms with Crippen LogP contribution in [0.2, 0.25) is 0 Å². The highest BCUT2D eigenvalue weighted by molar-refractivity contribution is 5.78. The second-order valence-corrected chi connectivity index (χ2v) is 5.45. The zero-order valence-corrected chi connectivity index (χ0v) is 13.0. The van der Waals surface area contributed by atoms with Gasteiger partial charge in [0.1, 0.15) is 5.82 Å². The van der Waals surface area contributed by atoms with Gasteiger partial charge < -0.3 is 14.4 Å². The molecule has 126 valence electrons. The highest BCUT2D eigenvalue weighted by Crippen LogP contribution is 2.25. The third-order valence-corrected chi connectivity index (χ3v) is 3.89. The van der Waals surface area contributed by atoms with Gasteiger partial charge in [-0.25, -0.2) is 8.78 Å². The third-order valence-electron chi connectivity index (χ3n) is 3.89. The topological polar surface area (TPSA) is 38.8 Å². The zero-order valence-electron chi connectivity index (χ0n) is 13.0. The number of carbonyl (C=O) groups is 1. The van der Waals surface area contributed by atoms with Crippen LogP contribution in [0.4, 0.5) is 8.78 Å². The number of para-hydroxylation sites is 1. The van der Waals surface area contributed by atoms with E-state index in [0.717, 1.165) is 5.56 Å². The van der Waals surface area contributed by atoms with Crippen molar-refractivity contribution in [1.82, 2.24) is 4.90 Å². The molecule has 24 heavy (non-hydrogen) atoms. The quantitative estimate of drug-likeness (QED) is 0.863. The molecular formula is C18H17F2NO3. The van der Waals surface area contributed by atoms with E-state index in [4.69, 9.17) is 9.47 Å². The molecule has 1 atom stereocenters. The first-order valence-corrected chi connectivity index (χ1v) is 7.65. The van der Waals surface area contributed by atoms with Gasteiger partial charge in [-0.3, -0.25) is 4.79 Å². The molecular weight excluding hydrogens is 316 g/mol. The predicted molar refractivity (Wildman–Crippen MR) is 83.6 cm³/mol. The van der Waals surface area contributed by atoms with Crippen LogP contribution in [-0.2, 0) is 9.53 Å². The molecule has 2 aromatic rings. The molecule has 1 unspecified atom stereocenters. The normalized spacial score (nSPS) is 17.6. The lowest BCUT2D eigenvalue weighted by molar-refractivity contribution is -0.142. The minimum absolute atomic E-state index is 0.0393. The highest BCUT2D eigenvalue weighted by atomic mass is 19.1. The molecule has 0 aromatic heterocycles. The van der Waals surface area contributed by atoms with E-state index < -0.39 is 5.82 Å². The van der Waals surface area contributed by atoms with Gasteiger partial charge in [0, 0.05) is 6.54 Å². The van der Waals surface area contributed by atoms with Crippen LogP contribution in [0.15, 0.2) is 48.5 Å². The molecule has 1 heterocycles. The fourth-order valence-corrected chi connectivity index (χ4v) is 2.65. The Bertz CT molecular complexity index is 706. The maximum absolute atomic E-state index is 13.6. The fourth-order valence-electron chi connectivity index (χ4n) is 2.65. The van der Waals surface area contributed by atoms with Crippen LogP contribution in [0.3, 0.4) is 0 Å². The number of nitrogens with zero attached hydrogens (tertiary/aromatic N) is 1. The second kappa shape index (κ2) is 7.40. The first kappa shape index (κ1) is 16.4. The van der Waals surface area contributed by atoms with Crippen molar-refractivity contribution in [3.05, 3.63) is 65.7 Å². The molecule has 1 fully saturated rings. The number of rotatable bonds is 4. The average Bonchev–Trinajstić information content (AvgIpc) is 2.61. The van der Waals surface area contributed by atoms with E-state index in [1.54, 1.807) is 29.2 Å². The molecule has 3 rings (SSSR count). The lowest BCUT2D eigenvalue weighted by atomic mass is 10.0. The van der Waals surface area contributed by atoms with Crippen molar-refractivity contribution in [3.8, 4) is 5.75 Å². The number of hydrogen-bond donors (Lipinski definition) is 0. The van der Waals surface area contributed by atoms with Crippen molar-refractivity contribution in [1.29, 1.82) is 0 Å². The van der Waals surface area contributed by atoms with Crippen molar-refractivity contribution in [2.24, 2.45) is 0 Å². The van der Waals surface area contributed by atoms with Crippen LogP contribution >= 0.6 is 0 Å². The molecule has 6 heteroatoms. The number of hydrogen-bond acceptors (Lipinski definition) is 3. The maximum Gasteiger partial charge on any atom is 0.261 e. The summed E-state index contributed by atoms with van der Waals surface area (Å²) in [5, 5.41) is 0. The SMILES string of the molecule is O=C(COc1ccccc1F)N1CCOCC1c1ccc(F)cc1. The maximum atomic E-state index is 13.6. The number of ether oxygens (including phenoxy) is 2. The second-order valence-electron chi connectivity index (χ2n) is 5.45. The Labute approximate surface area is 138 Å². The molecule has 0 radical (unpaired) electrons. The molecule has 0 bridgehead atoms. The molecule has 2 aromatic carbocycles. The summed E-state index contributed by atoms with van der Waals surface area (Å²) >= 11 is 0. The van der Waals surface area contributed by atoms with E-state index in [2.05, 4.69) is 0 Å². The van der Waals surface area contributed by atoms with Crippen molar-refractivity contribution < 1.29 is 23.0 Å². The Kier molecular flexibility index (Phi) is 5.05. The summed E-state index contributed by atoms with van der Waals surface area (Å²) in [5.74, 6) is -1.08. The van der Waals surface area contributed by atoms with E-state index in [9.17, 15) is 13.6 Å². The molecule has 0 aliphatic carbocycles.